The molecule has 0 atom stereocenters. The average Bonchev–Trinajstić information content (AvgIpc) is 1.57. The third-order valence-electron chi connectivity index (χ3n) is 17.3. The molecule has 0 radical (unpaired) electrons. The van der Waals surface area contributed by atoms with Crippen molar-refractivity contribution in [3.8, 4) is 0 Å². The summed E-state index contributed by atoms with van der Waals surface area (Å²) in [6.45, 7) is 25.3. The Morgan fingerprint density at radius 1 is 0.634 bits per heavy atom. The van der Waals surface area contributed by atoms with E-state index in [-0.39, 0.29) is 59.5 Å². The summed E-state index contributed by atoms with van der Waals surface area (Å²) in [5, 5.41) is 62.9. The van der Waals surface area contributed by atoms with Gasteiger partial charge in [-0.3, -0.25) is 33.4 Å². The number of rotatable bonds is 8. The second kappa shape index (κ2) is 36.5. The zero-order valence-electron chi connectivity index (χ0n) is 64.1. The summed E-state index contributed by atoms with van der Waals surface area (Å²) < 4.78 is 35.4. The highest BCUT2D eigenvalue weighted by Gasteiger charge is 2.36. The quantitative estimate of drug-likeness (QED) is 0.0322. The first-order valence-electron chi connectivity index (χ1n) is 35.7. The number of hydrogen-bond acceptors (Lipinski definition) is 25. The molecule has 0 saturated carbocycles. The Balaban J connectivity index is 0.000000159. The summed E-state index contributed by atoms with van der Waals surface area (Å²) in [6.07, 6.45) is 8.06. The zero-order chi connectivity index (χ0) is 82.0. The molecular weight excluding hydrogens is 1660 g/mol. The molecule has 4 amide bonds. The van der Waals surface area contributed by atoms with Crippen molar-refractivity contribution in [1.29, 1.82) is 0 Å². The lowest BCUT2D eigenvalue weighted by Crippen LogP contribution is -2.43. The molecule has 112 heavy (non-hydrogen) atoms. The number of halogens is 3. The van der Waals surface area contributed by atoms with Gasteiger partial charge in [0, 0.05) is 118 Å². The van der Waals surface area contributed by atoms with E-state index in [1.165, 1.54) is 61.5 Å². The normalized spacial score (nSPS) is 14.7. The maximum Gasteiger partial charge on any atom is 0.489 e. The van der Waals surface area contributed by atoms with Crippen LogP contribution in [0.3, 0.4) is 0 Å². The molecule has 38 nitrogen and oxygen atoms in total. The van der Waals surface area contributed by atoms with Crippen LogP contribution in [0.15, 0.2) is 90.1 Å². The number of nitrogens with zero attached hydrogens (tertiary/aromatic N) is 18. The van der Waals surface area contributed by atoms with Crippen LogP contribution in [0.5, 0.6) is 0 Å². The third kappa shape index (κ3) is 23.0. The number of aryl methyl sites for hydroxylation is 3. The summed E-state index contributed by atoms with van der Waals surface area (Å²) >= 11 is 9.77. The largest absolute Gasteiger partial charge is 0.489 e. The van der Waals surface area contributed by atoms with Crippen LogP contribution in [0.1, 0.15) is 132 Å². The first-order chi connectivity index (χ1) is 52.6. The van der Waals surface area contributed by atoms with Gasteiger partial charge in [0.1, 0.15) is 46.4 Å². The van der Waals surface area contributed by atoms with E-state index in [1.807, 2.05) is 63.0 Å². The van der Waals surface area contributed by atoms with Crippen molar-refractivity contribution in [3.63, 3.8) is 0 Å². The van der Waals surface area contributed by atoms with Gasteiger partial charge in [0.15, 0.2) is 5.82 Å². The Morgan fingerprint density at radius 2 is 1.13 bits per heavy atom. The van der Waals surface area contributed by atoms with E-state index in [9.17, 15) is 63.8 Å². The van der Waals surface area contributed by atoms with Crippen molar-refractivity contribution in [1.82, 2.24) is 77.8 Å². The molecule has 0 fully saturated rings. The number of ether oxygens (including phenoxy) is 4. The van der Waals surface area contributed by atoms with Crippen molar-refractivity contribution in [2.75, 3.05) is 48.7 Å². The molecular formula is C70H91BBr3N21O17. The summed E-state index contributed by atoms with van der Waals surface area (Å²) in [5.41, 5.74) is 11.3. The number of carbonyl (C=O) groups excluding carboxylic acids is 5. The van der Waals surface area contributed by atoms with E-state index in [0.29, 0.717) is 123 Å². The van der Waals surface area contributed by atoms with E-state index < -0.39 is 45.8 Å². The summed E-state index contributed by atoms with van der Waals surface area (Å²) in [4.78, 5) is 114. The lowest BCUT2D eigenvalue weighted by molar-refractivity contribution is -0.390. The Bertz CT molecular complexity index is 4880. The highest BCUT2D eigenvalue weighted by atomic mass is 79.9. The van der Waals surface area contributed by atoms with Crippen molar-refractivity contribution < 1.29 is 62.8 Å². The standard InChI is InChI=1S/C19H22BN3O5.C17H22BrN5O3.C11H16N4O4.C11H18N4O2.C6H5Br2NO.C6H8N4O2/c1-12(24)28-11-14-15(20(26)27)6-7-21-18(14)23-9-8-22-16-5-3-2-4-13(16)10-17(22)19(23)25;1-17(2,3)26-16(25)22-5-6-23-12(10-22)8-14(20-23)19-13-7-11(18)9-21(4)15(13)24;1-11(2,3)19-10(16)13-4-5-14-8(7-13)6-9(12-14)15(17)18;1-11(2,3)17-10(16)14-4-5-15-8(7-14)6-9(12)13-15;1-9-3-4(7)2-5(8)6(9)10;11-10(12)6-3-5-4-7-1-2-9(5)8-6/h6-7,10,26-27H,2-5,8-9,11H2,1H3;7-9H,5-6,10H2,1-4H3,(H,19,20);6H,4-5,7H2,1-3H3;6H,4-5,7H2,1-3H3,(H2,12,13);2-3H,1H3;3,7H,1-2,4H2. The van der Waals surface area contributed by atoms with Crippen molar-refractivity contribution >= 4 is 125 Å². The van der Waals surface area contributed by atoms with Crippen LogP contribution in [0.4, 0.5) is 49.2 Å². The molecule has 6 aliphatic rings. The molecule has 8 aromatic rings. The van der Waals surface area contributed by atoms with Gasteiger partial charge in [-0.2, -0.15) is 19.6 Å². The number of amides is 4. The molecule has 14 rings (SSSR count). The van der Waals surface area contributed by atoms with Crippen molar-refractivity contribution in [3.05, 3.63) is 167 Å². The van der Waals surface area contributed by atoms with Crippen LogP contribution in [0, 0.1) is 20.2 Å². The number of aromatic nitrogens is 12. The smallest absolute Gasteiger partial charge is 0.461 e. The number of fused-ring (bicyclic) bond motifs is 7. The zero-order valence-corrected chi connectivity index (χ0v) is 68.9. The van der Waals surface area contributed by atoms with Gasteiger partial charge in [-0.25, -0.2) is 19.4 Å². The molecule has 1 aliphatic carbocycles. The minimum Gasteiger partial charge on any atom is -0.461 e. The maximum absolute atomic E-state index is 13.2. The van der Waals surface area contributed by atoms with E-state index in [2.05, 4.69) is 88.4 Å². The molecule has 0 unspecified atom stereocenters. The van der Waals surface area contributed by atoms with Crippen LogP contribution in [0.25, 0.3) is 0 Å². The molecule has 8 aromatic heterocycles. The lowest BCUT2D eigenvalue weighted by Gasteiger charge is -2.30. The van der Waals surface area contributed by atoms with E-state index in [1.54, 1.807) is 84.6 Å². The fourth-order valence-electron chi connectivity index (χ4n) is 12.3. The van der Waals surface area contributed by atoms with Gasteiger partial charge in [-0.15, -0.1) is 0 Å². The minimum atomic E-state index is -1.76. The number of nitrogens with two attached hydrogens (primary N) is 1. The number of nitro groups is 2. The first-order valence-corrected chi connectivity index (χ1v) is 38.1. The first kappa shape index (κ1) is 85.7. The molecule has 42 heteroatoms. The molecule has 0 aromatic carbocycles. The number of esters is 1. The topological polar surface area (TPSA) is 445 Å². The minimum absolute atomic E-state index is 0.0248. The lowest BCUT2D eigenvalue weighted by atomic mass is 9.77. The molecule has 5 aliphatic heterocycles. The maximum atomic E-state index is 13.2. The van der Waals surface area contributed by atoms with Crippen LogP contribution >= 0.6 is 47.8 Å². The van der Waals surface area contributed by atoms with Gasteiger partial charge in [-0.1, -0.05) is 0 Å². The van der Waals surface area contributed by atoms with Crippen LogP contribution in [-0.4, -0.2) is 179 Å². The van der Waals surface area contributed by atoms with E-state index in [0.717, 1.165) is 58.3 Å². The second-order valence-electron chi connectivity index (χ2n) is 29.6. The third-order valence-corrected chi connectivity index (χ3v) is 18.8. The number of nitrogen functional groups attached to an aromatic ring is 1. The predicted octanol–water partition coefficient (Wildman–Crippen LogP) is 7.57. The average molecular weight is 1750 g/mol. The fourth-order valence-corrected chi connectivity index (χ4v) is 14.2. The number of carbonyl (C=O) groups is 5. The van der Waals surface area contributed by atoms with Gasteiger partial charge < -0.3 is 94.0 Å². The Labute approximate surface area is 668 Å². The molecule has 602 valence electrons. The van der Waals surface area contributed by atoms with Crippen LogP contribution in [0.2, 0.25) is 0 Å². The van der Waals surface area contributed by atoms with Gasteiger partial charge in [-0.05, 0) is 181 Å². The number of anilines is 4. The second-order valence-corrected chi connectivity index (χ2v) is 32.3. The van der Waals surface area contributed by atoms with Gasteiger partial charge >= 0.3 is 43.0 Å². The van der Waals surface area contributed by atoms with Gasteiger partial charge in [0.25, 0.3) is 17.0 Å². The van der Waals surface area contributed by atoms with Gasteiger partial charge in [0.05, 0.1) is 95.4 Å². The van der Waals surface area contributed by atoms with Crippen molar-refractivity contribution in [2.24, 2.45) is 14.1 Å². The summed E-state index contributed by atoms with van der Waals surface area (Å²) in [7, 11) is 1.64. The SMILES string of the molecule is CC(=O)OCc1c(B(O)O)ccnc1N1CCn2c(cc3c2CCCC3)C1=O.CC(C)(C)OC(=O)N1CCn2nc(N)cc2C1.CC(C)(C)OC(=O)N1CCn2nc([N+](=O)[O-])cc2C1.Cn1cc(Br)cc(Br)c1=O.Cn1cc(Br)cc(Nc2cc3n(n2)CCN(C(=O)OC(C)(C)C)C3)c1=O.O=[N+]([O-])c1cc2n(n1)CCNC2. The van der Waals surface area contributed by atoms with E-state index in [4.69, 9.17) is 24.7 Å². The fraction of sp³-hybridized carbons (Fsp3) is 0.486. The van der Waals surface area contributed by atoms with Crippen LogP contribution in [-0.2, 0) is 116 Å². The van der Waals surface area contributed by atoms with Crippen molar-refractivity contribution in [2.45, 2.75) is 177 Å². The molecule has 0 saturated heterocycles. The highest BCUT2D eigenvalue weighted by molar-refractivity contribution is 9.11. The Kier molecular flexibility index (Phi) is 27.9. The predicted molar refractivity (Wildman–Crippen MR) is 420 cm³/mol. The monoisotopic (exact) mass is 1750 g/mol. The molecule has 0 spiro atoms. The molecule has 13 heterocycles. The Hall–Kier alpha value is -10.3. The number of hydrogen-bond donors (Lipinski definition) is 5. The summed E-state index contributed by atoms with van der Waals surface area (Å²) in [6, 6.07) is 13.4. The molecule has 0 bridgehead atoms. The summed E-state index contributed by atoms with van der Waals surface area (Å²) in [5.74, 6) is 0.422. The van der Waals surface area contributed by atoms with E-state index >= 15 is 0 Å². The molecule has 6 N–H and O–H groups in total. The number of nitrogens with one attached hydrogen (secondary N) is 2. The van der Waals surface area contributed by atoms with Crippen LogP contribution < -0.4 is 37.8 Å². The van der Waals surface area contributed by atoms with Gasteiger partial charge in [0.2, 0.25) is 0 Å². The Morgan fingerprint density at radius 3 is 1.66 bits per heavy atom. The highest BCUT2D eigenvalue weighted by Crippen LogP contribution is 2.32. The number of pyridine rings is 3.